The van der Waals surface area contributed by atoms with Crippen LogP contribution in [-0.4, -0.2) is 16.9 Å². The fourth-order valence-corrected chi connectivity index (χ4v) is 2.18. The molecule has 5 nitrogen and oxygen atoms in total. The van der Waals surface area contributed by atoms with E-state index >= 15 is 0 Å². The van der Waals surface area contributed by atoms with E-state index in [9.17, 15) is 9.59 Å². The van der Waals surface area contributed by atoms with Crippen molar-refractivity contribution in [2.75, 3.05) is 0 Å². The molecule has 0 aliphatic rings. The Bertz CT molecular complexity index is 485. The van der Waals surface area contributed by atoms with Crippen LogP contribution in [0.1, 0.15) is 72.6 Å². The molecule has 0 bridgehead atoms. The number of Topliss-reactive ketones (excluding diaryl/α,β-unsaturated/α-hetero) is 1. The Labute approximate surface area is 125 Å². The molecule has 0 aromatic heterocycles. The van der Waals surface area contributed by atoms with Crippen molar-refractivity contribution in [3.05, 3.63) is 29.3 Å². The number of ketones is 1. The molecule has 0 atom stereocenters. The van der Waals surface area contributed by atoms with Gasteiger partial charge in [0.1, 0.15) is 5.56 Å². The van der Waals surface area contributed by atoms with Gasteiger partial charge in [-0.05, 0) is 18.6 Å². The van der Waals surface area contributed by atoms with Crippen molar-refractivity contribution in [1.82, 2.24) is 0 Å². The molecule has 116 valence electrons. The first kappa shape index (κ1) is 17.2. The van der Waals surface area contributed by atoms with Crippen LogP contribution in [0.2, 0.25) is 0 Å². The zero-order valence-corrected chi connectivity index (χ0v) is 12.4. The monoisotopic (exact) mass is 293 g/mol. The van der Waals surface area contributed by atoms with E-state index in [0.717, 1.165) is 19.3 Å². The average Bonchev–Trinajstić information content (AvgIpc) is 2.49. The van der Waals surface area contributed by atoms with Crippen LogP contribution in [-0.2, 0) is 0 Å². The summed E-state index contributed by atoms with van der Waals surface area (Å²) < 4.78 is 0. The van der Waals surface area contributed by atoms with Crippen LogP contribution in [0.4, 0.5) is 0 Å². The maximum absolute atomic E-state index is 12.0. The molecule has 1 aromatic carbocycles. The van der Waals surface area contributed by atoms with E-state index in [2.05, 4.69) is 11.8 Å². The topological polar surface area (TPSA) is 89.6 Å². The van der Waals surface area contributed by atoms with Crippen LogP contribution in [0.3, 0.4) is 0 Å². The largest absolute Gasteiger partial charge is 0.478 e. The predicted molar refractivity (Wildman–Crippen MR) is 80.5 cm³/mol. The van der Waals surface area contributed by atoms with Gasteiger partial charge in [0.2, 0.25) is 0 Å². The SMILES string of the molecule is CCCCCCCCC(=O)c1ccc(C(=O)O)c(ON)c1. The minimum atomic E-state index is -1.13. The Morgan fingerprint density at radius 1 is 1.14 bits per heavy atom. The third kappa shape index (κ3) is 5.55. The molecule has 0 radical (unpaired) electrons. The van der Waals surface area contributed by atoms with Gasteiger partial charge in [0.15, 0.2) is 11.5 Å². The molecule has 0 saturated carbocycles. The van der Waals surface area contributed by atoms with Gasteiger partial charge in [0.05, 0.1) is 0 Å². The van der Waals surface area contributed by atoms with Gasteiger partial charge < -0.3 is 9.94 Å². The Kier molecular flexibility index (Phi) is 7.46. The van der Waals surface area contributed by atoms with Crippen molar-refractivity contribution in [3.63, 3.8) is 0 Å². The number of carboxylic acids is 1. The molecule has 5 heteroatoms. The highest BCUT2D eigenvalue weighted by Crippen LogP contribution is 2.21. The quantitative estimate of drug-likeness (QED) is 0.391. The van der Waals surface area contributed by atoms with E-state index in [-0.39, 0.29) is 17.1 Å². The van der Waals surface area contributed by atoms with Crippen molar-refractivity contribution in [1.29, 1.82) is 0 Å². The van der Waals surface area contributed by atoms with Crippen LogP contribution >= 0.6 is 0 Å². The number of hydrogen-bond donors (Lipinski definition) is 2. The number of rotatable bonds is 10. The van der Waals surface area contributed by atoms with E-state index in [0.29, 0.717) is 12.0 Å². The minimum Gasteiger partial charge on any atom is -0.478 e. The Morgan fingerprint density at radius 3 is 2.43 bits per heavy atom. The first-order valence-corrected chi connectivity index (χ1v) is 7.37. The number of benzene rings is 1. The minimum absolute atomic E-state index is 0.0105. The summed E-state index contributed by atoms with van der Waals surface area (Å²) in [5.74, 6) is 3.91. The van der Waals surface area contributed by atoms with Crippen LogP contribution < -0.4 is 10.7 Å². The first-order valence-electron chi connectivity index (χ1n) is 7.37. The second-order valence-corrected chi connectivity index (χ2v) is 5.07. The lowest BCUT2D eigenvalue weighted by molar-refractivity contribution is 0.0691. The molecule has 0 aliphatic heterocycles. The van der Waals surface area contributed by atoms with Crippen LogP contribution in [0.25, 0.3) is 0 Å². The lowest BCUT2D eigenvalue weighted by Crippen LogP contribution is -2.10. The number of carbonyl (C=O) groups is 2. The summed E-state index contributed by atoms with van der Waals surface area (Å²) in [5.41, 5.74) is 0.391. The molecule has 0 amide bonds. The number of carbonyl (C=O) groups excluding carboxylic acids is 1. The fourth-order valence-electron chi connectivity index (χ4n) is 2.18. The standard InChI is InChI=1S/C16H23NO4/c1-2-3-4-5-6-7-8-14(18)12-9-10-13(16(19)20)15(11-12)21-17/h9-11H,2-8,17H2,1H3,(H,19,20). The fraction of sp³-hybridized carbons (Fsp3) is 0.500. The molecular weight excluding hydrogens is 270 g/mol. The molecule has 0 fully saturated rings. The van der Waals surface area contributed by atoms with E-state index in [1.54, 1.807) is 0 Å². The van der Waals surface area contributed by atoms with E-state index in [4.69, 9.17) is 11.0 Å². The third-order valence-corrected chi connectivity index (χ3v) is 3.42. The second-order valence-electron chi connectivity index (χ2n) is 5.07. The van der Waals surface area contributed by atoms with Crippen molar-refractivity contribution in [2.45, 2.75) is 51.9 Å². The third-order valence-electron chi connectivity index (χ3n) is 3.42. The number of aromatic carboxylic acids is 1. The molecule has 0 aliphatic carbocycles. The molecule has 0 unspecified atom stereocenters. The highest BCUT2D eigenvalue weighted by molar-refractivity contribution is 5.98. The van der Waals surface area contributed by atoms with Gasteiger partial charge in [-0.3, -0.25) is 4.79 Å². The number of unbranched alkanes of at least 4 members (excludes halogenated alkanes) is 5. The maximum Gasteiger partial charge on any atom is 0.339 e. The zero-order chi connectivity index (χ0) is 15.7. The maximum atomic E-state index is 12.0. The summed E-state index contributed by atoms with van der Waals surface area (Å²) >= 11 is 0. The average molecular weight is 293 g/mol. The van der Waals surface area contributed by atoms with Gasteiger partial charge in [0, 0.05) is 12.0 Å². The molecule has 3 N–H and O–H groups in total. The summed E-state index contributed by atoms with van der Waals surface area (Å²) in [6.07, 6.45) is 7.15. The lowest BCUT2D eigenvalue weighted by atomic mass is 10.0. The van der Waals surface area contributed by atoms with Crippen LogP contribution in [0, 0.1) is 0 Å². The Morgan fingerprint density at radius 2 is 1.81 bits per heavy atom. The summed E-state index contributed by atoms with van der Waals surface area (Å²) in [4.78, 5) is 27.5. The van der Waals surface area contributed by atoms with Crippen molar-refractivity contribution < 1.29 is 19.5 Å². The first-order chi connectivity index (χ1) is 10.1. The number of carboxylic acid groups (broad SMARTS) is 1. The highest BCUT2D eigenvalue weighted by atomic mass is 16.6. The summed E-state index contributed by atoms with van der Waals surface area (Å²) in [6, 6.07) is 4.24. The van der Waals surface area contributed by atoms with Gasteiger partial charge in [0.25, 0.3) is 0 Å². The zero-order valence-electron chi connectivity index (χ0n) is 12.4. The van der Waals surface area contributed by atoms with Gasteiger partial charge in [-0.15, -0.1) is 0 Å². The second kappa shape index (κ2) is 9.13. The summed E-state index contributed by atoms with van der Waals surface area (Å²) in [6.45, 7) is 2.17. The van der Waals surface area contributed by atoms with Crippen molar-refractivity contribution in [2.24, 2.45) is 5.90 Å². The van der Waals surface area contributed by atoms with E-state index in [1.165, 1.54) is 37.5 Å². The van der Waals surface area contributed by atoms with Gasteiger partial charge in [-0.25, -0.2) is 4.79 Å². The highest BCUT2D eigenvalue weighted by Gasteiger charge is 2.14. The predicted octanol–water partition coefficient (Wildman–Crippen LogP) is 3.57. The number of nitrogens with two attached hydrogens (primary N) is 1. The summed E-state index contributed by atoms with van der Waals surface area (Å²) in [7, 11) is 0. The van der Waals surface area contributed by atoms with E-state index in [1.807, 2.05) is 0 Å². The normalized spacial score (nSPS) is 10.4. The molecular formula is C16H23NO4. The van der Waals surface area contributed by atoms with Crippen molar-refractivity contribution >= 4 is 11.8 Å². The summed E-state index contributed by atoms with van der Waals surface area (Å²) in [5, 5.41) is 8.95. The Hall–Kier alpha value is -1.88. The van der Waals surface area contributed by atoms with Gasteiger partial charge in [-0.2, -0.15) is 5.90 Å². The molecule has 0 saturated heterocycles. The van der Waals surface area contributed by atoms with Crippen molar-refractivity contribution in [3.8, 4) is 5.75 Å². The lowest BCUT2D eigenvalue weighted by Gasteiger charge is -2.06. The molecule has 1 aromatic rings. The van der Waals surface area contributed by atoms with Crippen LogP contribution in [0.15, 0.2) is 18.2 Å². The molecule has 21 heavy (non-hydrogen) atoms. The Balaban J connectivity index is 2.53. The smallest absolute Gasteiger partial charge is 0.339 e. The van der Waals surface area contributed by atoms with Gasteiger partial charge in [-0.1, -0.05) is 45.1 Å². The van der Waals surface area contributed by atoms with Crippen LogP contribution in [0.5, 0.6) is 5.75 Å². The molecule has 1 rings (SSSR count). The van der Waals surface area contributed by atoms with E-state index < -0.39 is 5.97 Å². The van der Waals surface area contributed by atoms with Gasteiger partial charge >= 0.3 is 5.97 Å². The molecule has 0 heterocycles. The number of hydrogen-bond acceptors (Lipinski definition) is 4. The molecule has 0 spiro atoms.